The number of halogens is 1. The first kappa shape index (κ1) is 14.0. The highest BCUT2D eigenvalue weighted by Crippen LogP contribution is 2.12. The van der Waals surface area contributed by atoms with E-state index in [0.717, 1.165) is 13.1 Å². The Morgan fingerprint density at radius 3 is 2.84 bits per heavy atom. The Labute approximate surface area is 119 Å². The van der Waals surface area contributed by atoms with Crippen LogP contribution in [0.2, 0.25) is 0 Å². The molecule has 0 unspecified atom stereocenters. The molecule has 19 heavy (non-hydrogen) atoms. The number of rotatable bonds is 3. The highest BCUT2D eigenvalue weighted by molar-refractivity contribution is 9.10. The maximum atomic E-state index is 11.9. The molecular formula is C12H15BrN4O2. The van der Waals surface area contributed by atoms with Crippen LogP contribution >= 0.6 is 15.9 Å². The van der Waals surface area contributed by atoms with Gasteiger partial charge in [-0.1, -0.05) is 0 Å². The third-order valence-corrected chi connectivity index (χ3v) is 3.48. The number of pyridine rings is 1. The van der Waals surface area contributed by atoms with Crippen molar-refractivity contribution in [2.45, 2.75) is 0 Å². The Morgan fingerprint density at radius 2 is 2.16 bits per heavy atom. The summed E-state index contributed by atoms with van der Waals surface area (Å²) in [5.41, 5.74) is 0.288. The van der Waals surface area contributed by atoms with Gasteiger partial charge >= 0.3 is 0 Å². The molecule has 2 heterocycles. The van der Waals surface area contributed by atoms with Gasteiger partial charge in [0.25, 0.3) is 5.91 Å². The molecule has 0 spiro atoms. The first-order chi connectivity index (χ1) is 9.18. The normalized spacial score (nSPS) is 15.1. The van der Waals surface area contributed by atoms with Crippen molar-refractivity contribution in [2.75, 3.05) is 32.7 Å². The molecule has 0 aliphatic carbocycles. The number of hydrogen-bond donors (Lipinski definition) is 2. The summed E-state index contributed by atoms with van der Waals surface area (Å²) in [5.74, 6) is -0.419. The van der Waals surface area contributed by atoms with Crippen molar-refractivity contribution in [1.82, 2.24) is 20.5 Å². The minimum atomic E-state index is -0.351. The summed E-state index contributed by atoms with van der Waals surface area (Å²) in [4.78, 5) is 29.5. The predicted octanol–water partition coefficient (Wildman–Crippen LogP) is 0.00570. The lowest BCUT2D eigenvalue weighted by Crippen LogP contribution is -2.49. The van der Waals surface area contributed by atoms with Crippen LogP contribution in [0.1, 0.15) is 10.5 Å². The molecule has 2 N–H and O–H groups in total. The third-order valence-electron chi connectivity index (χ3n) is 2.84. The van der Waals surface area contributed by atoms with Crippen molar-refractivity contribution < 1.29 is 9.59 Å². The molecule has 6 nitrogen and oxygen atoms in total. The average molecular weight is 327 g/mol. The van der Waals surface area contributed by atoms with Crippen LogP contribution in [0.15, 0.2) is 22.8 Å². The molecule has 0 aromatic carbocycles. The highest BCUT2D eigenvalue weighted by Gasteiger charge is 2.18. The topological polar surface area (TPSA) is 74.3 Å². The van der Waals surface area contributed by atoms with Crippen molar-refractivity contribution in [1.29, 1.82) is 0 Å². The molecule has 2 rings (SSSR count). The lowest BCUT2D eigenvalue weighted by molar-refractivity contribution is -0.130. The van der Waals surface area contributed by atoms with Crippen LogP contribution in [0, 0.1) is 0 Å². The summed E-state index contributed by atoms with van der Waals surface area (Å²) in [7, 11) is 0. The molecule has 1 aromatic rings. The van der Waals surface area contributed by atoms with Gasteiger partial charge in [0.1, 0.15) is 5.69 Å². The Kier molecular flexibility index (Phi) is 4.86. The number of aromatic nitrogens is 1. The van der Waals surface area contributed by atoms with Gasteiger partial charge in [0, 0.05) is 36.8 Å². The van der Waals surface area contributed by atoms with E-state index in [1.165, 1.54) is 6.20 Å². The minimum Gasteiger partial charge on any atom is -0.342 e. The number of amides is 2. The van der Waals surface area contributed by atoms with E-state index in [1.807, 2.05) is 0 Å². The summed E-state index contributed by atoms with van der Waals surface area (Å²) in [6.45, 7) is 2.96. The van der Waals surface area contributed by atoms with Crippen molar-refractivity contribution in [3.63, 3.8) is 0 Å². The van der Waals surface area contributed by atoms with Gasteiger partial charge in [0.2, 0.25) is 5.91 Å². The van der Waals surface area contributed by atoms with Crippen LogP contribution in [-0.4, -0.2) is 54.4 Å². The second-order valence-electron chi connectivity index (χ2n) is 4.15. The lowest BCUT2D eigenvalue weighted by atomic mass is 10.3. The number of hydrogen-bond acceptors (Lipinski definition) is 4. The van der Waals surface area contributed by atoms with Crippen molar-refractivity contribution in [3.8, 4) is 0 Å². The van der Waals surface area contributed by atoms with E-state index < -0.39 is 0 Å². The summed E-state index contributed by atoms with van der Waals surface area (Å²) in [5, 5.41) is 5.76. The molecule has 1 aliphatic rings. The molecular weight excluding hydrogens is 312 g/mol. The van der Waals surface area contributed by atoms with Gasteiger partial charge in [0.15, 0.2) is 0 Å². The molecule has 1 fully saturated rings. The monoisotopic (exact) mass is 326 g/mol. The maximum absolute atomic E-state index is 11.9. The van der Waals surface area contributed by atoms with E-state index in [0.29, 0.717) is 17.6 Å². The highest BCUT2D eigenvalue weighted by atomic mass is 79.9. The fourth-order valence-corrected chi connectivity index (χ4v) is 2.25. The van der Waals surface area contributed by atoms with Crippen molar-refractivity contribution in [3.05, 3.63) is 28.5 Å². The fraction of sp³-hybridized carbons (Fsp3) is 0.417. The van der Waals surface area contributed by atoms with Gasteiger partial charge < -0.3 is 15.5 Å². The fourth-order valence-electron chi connectivity index (χ4n) is 1.82. The predicted molar refractivity (Wildman–Crippen MR) is 73.7 cm³/mol. The van der Waals surface area contributed by atoms with Gasteiger partial charge in [-0.25, -0.2) is 4.98 Å². The van der Waals surface area contributed by atoms with Crippen LogP contribution in [-0.2, 0) is 4.79 Å². The molecule has 7 heteroatoms. The average Bonchev–Trinajstić information content (AvgIpc) is 2.46. The smallest absolute Gasteiger partial charge is 0.271 e. The Bertz CT molecular complexity index is 475. The molecule has 102 valence electrons. The second-order valence-corrected chi connectivity index (χ2v) is 5.00. The van der Waals surface area contributed by atoms with E-state index >= 15 is 0 Å². The number of piperazine rings is 1. The quantitative estimate of drug-likeness (QED) is 0.820. The molecule has 0 atom stereocenters. The first-order valence-corrected chi connectivity index (χ1v) is 6.85. The van der Waals surface area contributed by atoms with E-state index in [4.69, 9.17) is 0 Å². The van der Waals surface area contributed by atoms with Gasteiger partial charge in [-0.3, -0.25) is 9.59 Å². The van der Waals surface area contributed by atoms with E-state index in [2.05, 4.69) is 31.5 Å². The number of carbonyl (C=O) groups excluding carboxylic acids is 2. The Hall–Kier alpha value is -1.47. The zero-order valence-electron chi connectivity index (χ0n) is 10.4. The van der Waals surface area contributed by atoms with Gasteiger partial charge in [-0.15, -0.1) is 0 Å². The number of carbonyl (C=O) groups is 2. The minimum absolute atomic E-state index is 0.00183. The van der Waals surface area contributed by atoms with E-state index in [1.54, 1.807) is 17.0 Å². The third kappa shape index (κ3) is 3.74. The zero-order valence-corrected chi connectivity index (χ0v) is 11.9. The summed E-state index contributed by atoms with van der Waals surface area (Å²) >= 11 is 3.25. The Balaban J connectivity index is 1.86. The van der Waals surface area contributed by atoms with Gasteiger partial charge in [0.05, 0.1) is 6.54 Å². The Morgan fingerprint density at radius 1 is 1.42 bits per heavy atom. The molecule has 2 amide bonds. The van der Waals surface area contributed by atoms with Crippen molar-refractivity contribution >= 4 is 27.7 Å². The van der Waals surface area contributed by atoms with Gasteiger partial charge in [-0.05, 0) is 28.1 Å². The van der Waals surface area contributed by atoms with Crippen LogP contribution in [0.4, 0.5) is 0 Å². The second kappa shape index (κ2) is 6.63. The molecule has 0 bridgehead atoms. The molecule has 1 aliphatic heterocycles. The standard InChI is InChI=1S/C12H15BrN4O2/c13-9-2-1-3-15-11(9)12(19)16-8-10(18)17-6-4-14-5-7-17/h1-3,14H,4-8H2,(H,16,19). The van der Waals surface area contributed by atoms with Crippen LogP contribution in [0.5, 0.6) is 0 Å². The number of nitrogens with zero attached hydrogens (tertiary/aromatic N) is 2. The van der Waals surface area contributed by atoms with Gasteiger partial charge in [-0.2, -0.15) is 0 Å². The largest absolute Gasteiger partial charge is 0.342 e. The van der Waals surface area contributed by atoms with Crippen molar-refractivity contribution in [2.24, 2.45) is 0 Å². The molecule has 0 radical (unpaired) electrons. The summed E-state index contributed by atoms with van der Waals surface area (Å²) in [6, 6.07) is 3.47. The summed E-state index contributed by atoms with van der Waals surface area (Å²) < 4.78 is 0.613. The lowest BCUT2D eigenvalue weighted by Gasteiger charge is -2.27. The van der Waals surface area contributed by atoms with Crippen LogP contribution < -0.4 is 10.6 Å². The number of nitrogens with one attached hydrogen (secondary N) is 2. The molecule has 1 saturated heterocycles. The van der Waals surface area contributed by atoms with E-state index in [9.17, 15) is 9.59 Å². The van der Waals surface area contributed by atoms with Crippen LogP contribution in [0.3, 0.4) is 0 Å². The maximum Gasteiger partial charge on any atom is 0.271 e. The SMILES string of the molecule is O=C(NCC(=O)N1CCNCC1)c1ncccc1Br. The first-order valence-electron chi connectivity index (χ1n) is 6.05. The molecule has 1 aromatic heterocycles. The van der Waals surface area contributed by atoms with E-state index in [-0.39, 0.29) is 24.1 Å². The summed E-state index contributed by atoms with van der Waals surface area (Å²) in [6.07, 6.45) is 1.54. The zero-order chi connectivity index (χ0) is 13.7. The molecule has 0 saturated carbocycles. The van der Waals surface area contributed by atoms with Crippen LogP contribution in [0.25, 0.3) is 0 Å².